The molecule has 3 nitrogen and oxygen atoms in total. The zero-order valence-corrected chi connectivity index (χ0v) is 11.3. The summed E-state index contributed by atoms with van der Waals surface area (Å²) in [5.41, 5.74) is 4.10. The van der Waals surface area contributed by atoms with Crippen LogP contribution in [0.1, 0.15) is 36.6 Å². The number of aliphatic hydroxyl groups excluding tert-OH is 1. The summed E-state index contributed by atoms with van der Waals surface area (Å²) in [6, 6.07) is 5.90. The molecule has 0 aliphatic rings. The number of ether oxygens (including phenoxy) is 1. The van der Waals surface area contributed by atoms with Crippen LogP contribution in [0.2, 0.25) is 0 Å². The van der Waals surface area contributed by atoms with Crippen LogP contribution in [-0.2, 0) is 6.42 Å². The van der Waals surface area contributed by atoms with Gasteiger partial charge in [0.1, 0.15) is 0 Å². The van der Waals surface area contributed by atoms with E-state index in [1.54, 1.807) is 14.0 Å². The third-order valence-corrected chi connectivity index (χ3v) is 3.39. The fourth-order valence-corrected chi connectivity index (χ4v) is 2.30. The number of hydrogen-bond acceptors (Lipinski definition) is 3. The molecule has 0 aliphatic carbocycles. The predicted octanol–water partition coefficient (Wildman–Crippen LogP) is 3.17. The summed E-state index contributed by atoms with van der Waals surface area (Å²) in [5.74, 6) is 0.685. The Morgan fingerprint density at radius 2 is 2.11 bits per heavy atom. The van der Waals surface area contributed by atoms with Crippen LogP contribution in [0, 0.1) is 6.92 Å². The molecule has 96 valence electrons. The van der Waals surface area contributed by atoms with Crippen LogP contribution in [0.4, 0.5) is 0 Å². The van der Waals surface area contributed by atoms with E-state index in [1.165, 1.54) is 5.56 Å². The first-order valence-electron chi connectivity index (χ1n) is 6.23. The predicted molar refractivity (Wildman–Crippen MR) is 73.0 cm³/mol. The van der Waals surface area contributed by atoms with Gasteiger partial charge in [-0.15, -0.1) is 0 Å². The molecule has 0 bridgehead atoms. The van der Waals surface area contributed by atoms with Crippen molar-refractivity contribution in [3.8, 4) is 5.88 Å². The minimum atomic E-state index is -0.478. The Morgan fingerprint density at radius 3 is 2.67 bits per heavy atom. The number of rotatable bonds is 3. The van der Waals surface area contributed by atoms with E-state index >= 15 is 0 Å². The molecule has 1 aromatic heterocycles. The van der Waals surface area contributed by atoms with Gasteiger partial charge in [-0.3, -0.25) is 0 Å². The Balaban J connectivity index is 2.73. The zero-order valence-electron chi connectivity index (χ0n) is 11.3. The van der Waals surface area contributed by atoms with Crippen molar-refractivity contribution in [1.29, 1.82) is 0 Å². The average molecular weight is 245 g/mol. The summed E-state index contributed by atoms with van der Waals surface area (Å²) >= 11 is 0. The van der Waals surface area contributed by atoms with Crippen LogP contribution < -0.4 is 4.74 Å². The lowest BCUT2D eigenvalue weighted by molar-refractivity contribution is 0.199. The van der Waals surface area contributed by atoms with Crippen LogP contribution in [0.25, 0.3) is 10.9 Å². The topological polar surface area (TPSA) is 42.4 Å². The molecule has 1 atom stereocenters. The van der Waals surface area contributed by atoms with Gasteiger partial charge in [0.25, 0.3) is 0 Å². The number of aliphatic hydroxyl groups is 1. The minimum absolute atomic E-state index is 0.478. The van der Waals surface area contributed by atoms with Gasteiger partial charge in [-0.05, 0) is 37.5 Å². The van der Waals surface area contributed by atoms with E-state index < -0.39 is 6.10 Å². The number of nitrogens with zero attached hydrogens (tertiary/aromatic N) is 1. The largest absolute Gasteiger partial charge is 0.481 e. The summed E-state index contributed by atoms with van der Waals surface area (Å²) in [5, 5.41) is 10.7. The molecule has 0 saturated heterocycles. The monoisotopic (exact) mass is 245 g/mol. The van der Waals surface area contributed by atoms with E-state index in [-0.39, 0.29) is 0 Å². The highest BCUT2D eigenvalue weighted by Gasteiger charge is 2.12. The fraction of sp³-hybridized carbons (Fsp3) is 0.400. The normalized spacial score (nSPS) is 12.7. The summed E-state index contributed by atoms with van der Waals surface area (Å²) in [6.07, 6.45) is 0.421. The highest BCUT2D eigenvalue weighted by molar-refractivity contribution is 5.84. The average Bonchev–Trinajstić information content (AvgIpc) is 2.37. The van der Waals surface area contributed by atoms with Gasteiger partial charge in [0.2, 0.25) is 5.88 Å². The number of aromatic nitrogens is 1. The van der Waals surface area contributed by atoms with Crippen molar-refractivity contribution < 1.29 is 9.84 Å². The standard InChI is InChI=1S/C15H19NO2/c1-5-12-9(2)13-7-6-11(10(3)17)8-14(13)16-15(12)18-4/h6-8,10,17H,5H2,1-4H3. The van der Waals surface area contributed by atoms with Gasteiger partial charge in [0.15, 0.2) is 0 Å². The van der Waals surface area contributed by atoms with Gasteiger partial charge >= 0.3 is 0 Å². The molecule has 1 N–H and O–H groups in total. The smallest absolute Gasteiger partial charge is 0.217 e. The van der Waals surface area contributed by atoms with Gasteiger partial charge < -0.3 is 9.84 Å². The number of methoxy groups -OCH3 is 1. The molecule has 0 radical (unpaired) electrons. The molecule has 1 aromatic carbocycles. The molecule has 0 fully saturated rings. The SMILES string of the molecule is CCc1c(OC)nc2cc(C(C)O)ccc2c1C. The number of pyridine rings is 1. The number of aryl methyl sites for hydroxylation is 1. The number of hydrogen-bond donors (Lipinski definition) is 1. The van der Waals surface area contributed by atoms with Crippen molar-refractivity contribution in [3.63, 3.8) is 0 Å². The Kier molecular flexibility index (Phi) is 3.53. The van der Waals surface area contributed by atoms with Crippen molar-refractivity contribution >= 4 is 10.9 Å². The van der Waals surface area contributed by atoms with Gasteiger partial charge in [-0.25, -0.2) is 4.98 Å². The number of benzene rings is 1. The summed E-state index contributed by atoms with van der Waals surface area (Å²) in [7, 11) is 1.64. The summed E-state index contributed by atoms with van der Waals surface area (Å²) < 4.78 is 5.35. The van der Waals surface area contributed by atoms with Crippen LogP contribution in [0.5, 0.6) is 5.88 Å². The highest BCUT2D eigenvalue weighted by atomic mass is 16.5. The molecule has 1 heterocycles. The van der Waals surface area contributed by atoms with Gasteiger partial charge in [-0.2, -0.15) is 0 Å². The molecule has 18 heavy (non-hydrogen) atoms. The molecule has 0 spiro atoms. The maximum Gasteiger partial charge on any atom is 0.217 e. The van der Waals surface area contributed by atoms with Crippen molar-refractivity contribution in [3.05, 3.63) is 34.9 Å². The molecule has 1 unspecified atom stereocenters. The first kappa shape index (κ1) is 12.8. The van der Waals surface area contributed by atoms with Crippen molar-refractivity contribution in [2.75, 3.05) is 7.11 Å². The minimum Gasteiger partial charge on any atom is -0.481 e. The van der Waals surface area contributed by atoms with Crippen molar-refractivity contribution in [1.82, 2.24) is 4.98 Å². The molecular formula is C15H19NO2. The van der Waals surface area contributed by atoms with E-state index in [4.69, 9.17) is 4.74 Å². The Hall–Kier alpha value is -1.61. The second-order valence-electron chi connectivity index (χ2n) is 4.53. The van der Waals surface area contributed by atoms with E-state index in [2.05, 4.69) is 18.8 Å². The Labute approximate surface area is 107 Å². The molecular weight excluding hydrogens is 226 g/mol. The Bertz CT molecular complexity index is 576. The lowest BCUT2D eigenvalue weighted by Crippen LogP contribution is -2.00. The van der Waals surface area contributed by atoms with E-state index in [0.717, 1.165) is 28.5 Å². The third kappa shape index (κ3) is 2.06. The van der Waals surface area contributed by atoms with Crippen molar-refractivity contribution in [2.24, 2.45) is 0 Å². The first-order valence-corrected chi connectivity index (χ1v) is 6.23. The van der Waals surface area contributed by atoms with Crippen LogP contribution in [0.15, 0.2) is 18.2 Å². The summed E-state index contributed by atoms with van der Waals surface area (Å²) in [4.78, 5) is 4.54. The summed E-state index contributed by atoms with van der Waals surface area (Å²) in [6.45, 7) is 5.95. The van der Waals surface area contributed by atoms with E-state index in [0.29, 0.717) is 5.88 Å². The fourth-order valence-electron chi connectivity index (χ4n) is 2.30. The van der Waals surface area contributed by atoms with Gasteiger partial charge in [0, 0.05) is 10.9 Å². The second-order valence-corrected chi connectivity index (χ2v) is 4.53. The van der Waals surface area contributed by atoms with E-state index in [9.17, 15) is 5.11 Å². The quantitative estimate of drug-likeness (QED) is 0.903. The lowest BCUT2D eigenvalue weighted by Gasteiger charge is -2.13. The van der Waals surface area contributed by atoms with Crippen LogP contribution >= 0.6 is 0 Å². The molecule has 2 rings (SSSR count). The molecule has 3 heteroatoms. The number of fused-ring (bicyclic) bond motifs is 1. The van der Waals surface area contributed by atoms with Gasteiger partial charge in [-0.1, -0.05) is 19.1 Å². The van der Waals surface area contributed by atoms with Crippen LogP contribution in [0.3, 0.4) is 0 Å². The maximum atomic E-state index is 9.62. The molecule has 0 amide bonds. The van der Waals surface area contributed by atoms with E-state index in [1.807, 2.05) is 18.2 Å². The first-order chi connectivity index (χ1) is 8.58. The molecule has 0 aliphatic heterocycles. The molecule has 2 aromatic rings. The lowest BCUT2D eigenvalue weighted by atomic mass is 10.00. The Morgan fingerprint density at radius 1 is 1.39 bits per heavy atom. The van der Waals surface area contributed by atoms with Crippen molar-refractivity contribution in [2.45, 2.75) is 33.3 Å². The third-order valence-electron chi connectivity index (χ3n) is 3.39. The van der Waals surface area contributed by atoms with Crippen LogP contribution in [-0.4, -0.2) is 17.2 Å². The maximum absolute atomic E-state index is 9.62. The zero-order chi connectivity index (χ0) is 13.3. The molecule has 0 saturated carbocycles. The highest BCUT2D eigenvalue weighted by Crippen LogP contribution is 2.29. The second kappa shape index (κ2) is 4.94. The van der Waals surface area contributed by atoms with Gasteiger partial charge in [0.05, 0.1) is 18.7 Å².